The predicted molar refractivity (Wildman–Crippen MR) is 136 cm³/mol. The molecule has 0 aromatic heterocycles. The minimum absolute atomic E-state index is 0.00289. The summed E-state index contributed by atoms with van der Waals surface area (Å²) in [6, 6.07) is 13.0. The molecule has 190 valence electrons. The van der Waals surface area contributed by atoms with Crippen LogP contribution in [-0.4, -0.2) is 46.3 Å². The predicted octanol–water partition coefficient (Wildman–Crippen LogP) is 4.91. The molecule has 36 heavy (non-hydrogen) atoms. The molecule has 0 fully saturated rings. The maximum atomic E-state index is 13.8. The number of dihydropyridines is 1. The Bertz CT molecular complexity index is 1220. The number of allylic oxidation sites excluding steroid dienone is 3. The van der Waals surface area contributed by atoms with Crippen molar-refractivity contribution in [2.75, 3.05) is 34.5 Å². The summed E-state index contributed by atoms with van der Waals surface area (Å²) >= 11 is 6.07. The monoisotopic (exact) mass is 511 g/mol. The van der Waals surface area contributed by atoms with E-state index in [-0.39, 0.29) is 24.9 Å². The zero-order chi connectivity index (χ0) is 25.8. The standard InChI is InChI=1S/C28H30ClNO6/c1-16-25(28(32)36-12-11-33-2)26(21-15-20(34-3)9-10-24(21)35-4)27-22(30-16)13-18(14-23(27)31)17-5-7-19(29)8-6-17/h5-10,15,18,26,30H,11-14H2,1-4H3. The van der Waals surface area contributed by atoms with Crippen LogP contribution in [0.1, 0.15) is 42.7 Å². The van der Waals surface area contributed by atoms with Gasteiger partial charge in [-0.1, -0.05) is 23.7 Å². The summed E-state index contributed by atoms with van der Waals surface area (Å²) in [4.78, 5) is 27.1. The number of rotatable bonds is 8. The summed E-state index contributed by atoms with van der Waals surface area (Å²) < 4.78 is 21.7. The number of nitrogens with one attached hydrogen (secondary N) is 1. The van der Waals surface area contributed by atoms with E-state index in [1.165, 1.54) is 0 Å². The average molecular weight is 512 g/mol. The van der Waals surface area contributed by atoms with Crippen LogP contribution in [-0.2, 0) is 19.1 Å². The Balaban J connectivity index is 1.82. The minimum Gasteiger partial charge on any atom is -0.497 e. The molecule has 2 aliphatic rings. The van der Waals surface area contributed by atoms with Crippen molar-refractivity contribution in [2.45, 2.75) is 31.6 Å². The second kappa shape index (κ2) is 11.2. The van der Waals surface area contributed by atoms with Gasteiger partial charge in [-0.3, -0.25) is 4.79 Å². The molecule has 0 bridgehead atoms. The van der Waals surface area contributed by atoms with E-state index in [1.54, 1.807) is 33.5 Å². The van der Waals surface area contributed by atoms with Crippen LogP contribution < -0.4 is 14.8 Å². The van der Waals surface area contributed by atoms with Gasteiger partial charge in [0.15, 0.2) is 5.78 Å². The van der Waals surface area contributed by atoms with Gasteiger partial charge >= 0.3 is 5.97 Å². The molecule has 2 aromatic rings. The van der Waals surface area contributed by atoms with Crippen LogP contribution in [0.3, 0.4) is 0 Å². The average Bonchev–Trinajstić information content (AvgIpc) is 2.87. The number of Topliss-reactive ketones (excluding diaryl/α,β-unsaturated/α-hetero) is 1. The number of hydrogen-bond donors (Lipinski definition) is 1. The first-order valence-corrected chi connectivity index (χ1v) is 12.1. The quantitative estimate of drug-likeness (QED) is 0.398. The fraction of sp³-hybridized carbons (Fsp3) is 0.357. The molecule has 1 N–H and O–H groups in total. The summed E-state index contributed by atoms with van der Waals surface area (Å²) in [7, 11) is 4.68. The van der Waals surface area contributed by atoms with Crippen LogP contribution in [0, 0.1) is 0 Å². The molecule has 1 aliphatic carbocycles. The van der Waals surface area contributed by atoms with E-state index in [9.17, 15) is 9.59 Å². The molecule has 4 rings (SSSR count). The maximum Gasteiger partial charge on any atom is 0.336 e. The van der Waals surface area contributed by atoms with E-state index in [0.717, 1.165) is 11.3 Å². The molecule has 2 unspecified atom stereocenters. The van der Waals surface area contributed by atoms with Gasteiger partial charge in [0, 0.05) is 41.1 Å². The van der Waals surface area contributed by atoms with E-state index < -0.39 is 11.9 Å². The van der Waals surface area contributed by atoms with Crippen molar-refractivity contribution in [1.29, 1.82) is 0 Å². The number of hydrogen-bond acceptors (Lipinski definition) is 7. The van der Waals surface area contributed by atoms with Crippen LogP contribution in [0.15, 0.2) is 65.0 Å². The summed E-state index contributed by atoms with van der Waals surface area (Å²) in [6.45, 7) is 2.20. The van der Waals surface area contributed by atoms with Crippen molar-refractivity contribution in [3.8, 4) is 11.5 Å². The number of benzene rings is 2. The Labute approximate surface area is 216 Å². The molecule has 7 nitrogen and oxygen atoms in total. The number of ether oxygens (including phenoxy) is 4. The molecule has 2 atom stereocenters. The topological polar surface area (TPSA) is 83.1 Å². The number of carbonyl (C=O) groups is 2. The summed E-state index contributed by atoms with van der Waals surface area (Å²) in [5.41, 5.74) is 4.07. The molecule has 0 saturated heterocycles. The van der Waals surface area contributed by atoms with E-state index in [2.05, 4.69) is 5.32 Å². The fourth-order valence-corrected chi connectivity index (χ4v) is 5.08. The Morgan fingerprint density at radius 1 is 1.03 bits per heavy atom. The van der Waals surface area contributed by atoms with Gasteiger partial charge in [-0.05, 0) is 55.2 Å². The van der Waals surface area contributed by atoms with Crippen molar-refractivity contribution in [2.24, 2.45) is 0 Å². The molecular formula is C28H30ClNO6. The number of halogens is 1. The molecule has 0 saturated carbocycles. The molecule has 0 amide bonds. The van der Waals surface area contributed by atoms with Gasteiger partial charge in [-0.15, -0.1) is 0 Å². The van der Waals surface area contributed by atoms with Crippen molar-refractivity contribution in [1.82, 2.24) is 5.32 Å². The van der Waals surface area contributed by atoms with Gasteiger partial charge < -0.3 is 24.3 Å². The third-order valence-electron chi connectivity index (χ3n) is 6.66. The molecular weight excluding hydrogens is 482 g/mol. The third kappa shape index (κ3) is 5.13. The highest BCUT2D eigenvalue weighted by molar-refractivity contribution is 6.30. The molecule has 1 heterocycles. The highest BCUT2D eigenvalue weighted by Gasteiger charge is 2.42. The zero-order valence-corrected chi connectivity index (χ0v) is 21.6. The first-order valence-electron chi connectivity index (χ1n) is 11.7. The lowest BCUT2D eigenvalue weighted by Gasteiger charge is -2.37. The van der Waals surface area contributed by atoms with Crippen molar-refractivity contribution in [3.05, 3.63) is 81.2 Å². The van der Waals surface area contributed by atoms with Crippen LogP contribution in [0.2, 0.25) is 5.02 Å². The third-order valence-corrected chi connectivity index (χ3v) is 6.91. The molecule has 8 heteroatoms. The van der Waals surface area contributed by atoms with E-state index in [4.69, 9.17) is 30.5 Å². The van der Waals surface area contributed by atoms with Gasteiger partial charge in [-0.25, -0.2) is 4.79 Å². The smallest absolute Gasteiger partial charge is 0.336 e. The lowest BCUT2D eigenvalue weighted by molar-refractivity contribution is -0.140. The second-order valence-electron chi connectivity index (χ2n) is 8.81. The first kappa shape index (κ1) is 25.8. The number of esters is 1. The SMILES string of the molecule is COCCOC(=O)C1=C(C)NC2=C(C(=O)CC(c3ccc(Cl)cc3)C2)C1c1cc(OC)ccc1OC. The van der Waals surface area contributed by atoms with Gasteiger partial charge in [-0.2, -0.15) is 0 Å². The normalized spacial score (nSPS) is 19.5. The highest BCUT2D eigenvalue weighted by Crippen LogP contribution is 2.48. The van der Waals surface area contributed by atoms with Crippen molar-refractivity contribution in [3.63, 3.8) is 0 Å². The van der Waals surface area contributed by atoms with E-state index >= 15 is 0 Å². The van der Waals surface area contributed by atoms with E-state index in [1.807, 2.05) is 37.3 Å². The molecule has 2 aromatic carbocycles. The maximum absolute atomic E-state index is 13.8. The highest BCUT2D eigenvalue weighted by atomic mass is 35.5. The van der Waals surface area contributed by atoms with Gasteiger partial charge in [0.2, 0.25) is 0 Å². The van der Waals surface area contributed by atoms with Crippen LogP contribution >= 0.6 is 11.6 Å². The molecule has 0 spiro atoms. The Morgan fingerprint density at radius 3 is 2.44 bits per heavy atom. The summed E-state index contributed by atoms with van der Waals surface area (Å²) in [5, 5.41) is 4.01. The summed E-state index contributed by atoms with van der Waals surface area (Å²) in [5.74, 6) is -0.0630. The molecule has 0 radical (unpaired) electrons. The number of carbonyl (C=O) groups excluding carboxylic acids is 2. The Kier molecular flexibility index (Phi) is 8.01. The van der Waals surface area contributed by atoms with Crippen LogP contribution in [0.4, 0.5) is 0 Å². The number of methoxy groups -OCH3 is 3. The van der Waals surface area contributed by atoms with Crippen molar-refractivity contribution < 1.29 is 28.5 Å². The lowest BCUT2D eigenvalue weighted by atomic mass is 9.71. The number of ketones is 1. The van der Waals surface area contributed by atoms with Crippen molar-refractivity contribution >= 4 is 23.4 Å². The van der Waals surface area contributed by atoms with E-state index in [0.29, 0.717) is 51.8 Å². The molecule has 1 aliphatic heterocycles. The lowest BCUT2D eigenvalue weighted by Crippen LogP contribution is -2.36. The second-order valence-corrected chi connectivity index (χ2v) is 9.24. The largest absolute Gasteiger partial charge is 0.497 e. The Hall–Kier alpha value is -3.29. The first-order chi connectivity index (χ1) is 17.4. The summed E-state index contributed by atoms with van der Waals surface area (Å²) in [6.07, 6.45) is 0.935. The zero-order valence-electron chi connectivity index (χ0n) is 20.9. The van der Waals surface area contributed by atoms with Gasteiger partial charge in [0.1, 0.15) is 18.1 Å². The fourth-order valence-electron chi connectivity index (χ4n) is 4.95. The van der Waals surface area contributed by atoms with Gasteiger partial charge in [0.25, 0.3) is 0 Å². The minimum atomic E-state index is -0.667. The van der Waals surface area contributed by atoms with Gasteiger partial charge in [0.05, 0.1) is 32.3 Å². The Morgan fingerprint density at radius 2 is 1.78 bits per heavy atom. The van der Waals surface area contributed by atoms with Crippen LogP contribution in [0.25, 0.3) is 0 Å². The van der Waals surface area contributed by atoms with Crippen LogP contribution in [0.5, 0.6) is 11.5 Å².